The lowest BCUT2D eigenvalue weighted by Gasteiger charge is -2.04. The van der Waals surface area contributed by atoms with E-state index in [-0.39, 0.29) is 0 Å². The Hall–Kier alpha value is -1.52. The Labute approximate surface area is 112 Å². The van der Waals surface area contributed by atoms with Crippen LogP contribution in [0, 0.1) is 6.92 Å². The van der Waals surface area contributed by atoms with Crippen molar-refractivity contribution in [3.05, 3.63) is 58.2 Å². The Kier molecular flexibility index (Phi) is 2.76. The Balaban J connectivity index is 2.10. The van der Waals surface area contributed by atoms with Gasteiger partial charge in [-0.15, -0.1) is 0 Å². The fraction of sp³-hybridized carbons (Fsp3) is 0.143. The fourth-order valence-electron chi connectivity index (χ4n) is 1.99. The summed E-state index contributed by atoms with van der Waals surface area (Å²) in [7, 11) is 0. The van der Waals surface area contributed by atoms with E-state index in [1.165, 1.54) is 6.26 Å². The van der Waals surface area contributed by atoms with Gasteiger partial charge in [0.15, 0.2) is 11.9 Å². The quantitative estimate of drug-likeness (QED) is 0.772. The predicted octanol–water partition coefficient (Wildman–Crippen LogP) is 4.18. The van der Waals surface area contributed by atoms with Crippen LogP contribution in [0.25, 0.3) is 11.0 Å². The Bertz CT molecular complexity index is 696. The SMILES string of the molecule is Cc1cccc2cc(C(O)c3occc3Br)oc12. The summed E-state index contributed by atoms with van der Waals surface area (Å²) in [5.41, 5.74) is 1.85. The van der Waals surface area contributed by atoms with Gasteiger partial charge in [0.05, 0.1) is 10.7 Å². The topological polar surface area (TPSA) is 46.5 Å². The molecular weight excluding hydrogens is 296 g/mol. The first kappa shape index (κ1) is 11.6. The smallest absolute Gasteiger partial charge is 0.170 e. The summed E-state index contributed by atoms with van der Waals surface area (Å²) in [4.78, 5) is 0. The molecule has 2 heterocycles. The molecule has 92 valence electrons. The molecule has 0 amide bonds. The van der Waals surface area contributed by atoms with Gasteiger partial charge in [-0.25, -0.2) is 0 Å². The molecule has 1 unspecified atom stereocenters. The van der Waals surface area contributed by atoms with Crippen molar-refractivity contribution in [1.29, 1.82) is 0 Å². The molecule has 0 aliphatic heterocycles. The van der Waals surface area contributed by atoms with E-state index >= 15 is 0 Å². The maximum absolute atomic E-state index is 10.2. The predicted molar refractivity (Wildman–Crippen MR) is 71.4 cm³/mol. The zero-order valence-electron chi connectivity index (χ0n) is 9.68. The minimum atomic E-state index is -0.902. The Morgan fingerprint density at radius 2 is 2.11 bits per heavy atom. The normalized spacial score (nSPS) is 13.1. The highest BCUT2D eigenvalue weighted by Gasteiger charge is 2.21. The number of furan rings is 2. The third-order valence-corrected chi connectivity index (χ3v) is 3.58. The average molecular weight is 307 g/mol. The van der Waals surface area contributed by atoms with Crippen molar-refractivity contribution in [1.82, 2.24) is 0 Å². The molecule has 0 spiro atoms. The lowest BCUT2D eigenvalue weighted by atomic mass is 10.1. The summed E-state index contributed by atoms with van der Waals surface area (Å²) >= 11 is 3.33. The van der Waals surface area contributed by atoms with Crippen LogP contribution in [0.15, 0.2) is 49.9 Å². The van der Waals surface area contributed by atoms with E-state index in [2.05, 4.69) is 15.9 Å². The molecule has 0 bridgehead atoms. The fourth-order valence-corrected chi connectivity index (χ4v) is 2.41. The highest BCUT2D eigenvalue weighted by atomic mass is 79.9. The van der Waals surface area contributed by atoms with E-state index in [0.717, 1.165) is 21.0 Å². The van der Waals surface area contributed by atoms with Crippen LogP contribution in [0.3, 0.4) is 0 Å². The molecule has 2 aromatic heterocycles. The number of hydrogen-bond acceptors (Lipinski definition) is 3. The van der Waals surface area contributed by atoms with E-state index in [9.17, 15) is 5.11 Å². The zero-order chi connectivity index (χ0) is 12.7. The number of benzene rings is 1. The highest BCUT2D eigenvalue weighted by Crippen LogP contribution is 2.33. The largest absolute Gasteiger partial charge is 0.465 e. The van der Waals surface area contributed by atoms with Crippen LogP contribution in [0.5, 0.6) is 0 Å². The number of rotatable bonds is 2. The second-order valence-electron chi connectivity index (χ2n) is 4.18. The van der Waals surface area contributed by atoms with Gasteiger partial charge in [0.1, 0.15) is 11.3 Å². The van der Waals surface area contributed by atoms with Crippen LogP contribution in [0.1, 0.15) is 23.2 Å². The van der Waals surface area contributed by atoms with Crippen molar-refractivity contribution in [2.24, 2.45) is 0 Å². The number of halogens is 1. The standard InChI is InChI=1S/C14H11BrO3/c1-8-3-2-4-9-7-11(18-13(8)9)12(16)14-10(15)5-6-17-14/h2-7,12,16H,1H3. The van der Waals surface area contributed by atoms with Gasteiger partial charge in [-0.2, -0.15) is 0 Å². The van der Waals surface area contributed by atoms with Crippen LogP contribution in [0.4, 0.5) is 0 Å². The van der Waals surface area contributed by atoms with Gasteiger partial charge in [-0.05, 0) is 40.5 Å². The molecule has 1 atom stereocenters. The van der Waals surface area contributed by atoms with Gasteiger partial charge in [-0.1, -0.05) is 18.2 Å². The molecular formula is C14H11BrO3. The Morgan fingerprint density at radius 3 is 2.78 bits per heavy atom. The van der Waals surface area contributed by atoms with Gasteiger partial charge in [0.2, 0.25) is 0 Å². The van der Waals surface area contributed by atoms with Crippen LogP contribution in [-0.2, 0) is 0 Å². The number of aryl methyl sites for hydroxylation is 1. The molecule has 0 aliphatic carbocycles. The first-order valence-electron chi connectivity index (χ1n) is 5.57. The molecule has 3 aromatic rings. The molecule has 0 aliphatic rings. The number of aliphatic hydroxyl groups excluding tert-OH is 1. The van der Waals surface area contributed by atoms with Crippen molar-refractivity contribution in [2.75, 3.05) is 0 Å². The summed E-state index contributed by atoms with van der Waals surface area (Å²) in [6.07, 6.45) is 0.623. The second kappa shape index (κ2) is 4.30. The maximum Gasteiger partial charge on any atom is 0.170 e. The zero-order valence-corrected chi connectivity index (χ0v) is 11.3. The lowest BCUT2D eigenvalue weighted by molar-refractivity contribution is 0.164. The number of fused-ring (bicyclic) bond motifs is 1. The third-order valence-electron chi connectivity index (χ3n) is 2.92. The van der Waals surface area contributed by atoms with E-state index in [1.54, 1.807) is 6.07 Å². The van der Waals surface area contributed by atoms with E-state index < -0.39 is 6.10 Å². The lowest BCUT2D eigenvalue weighted by Crippen LogP contribution is -1.96. The average Bonchev–Trinajstić information content (AvgIpc) is 2.95. The van der Waals surface area contributed by atoms with Gasteiger partial charge < -0.3 is 13.9 Å². The van der Waals surface area contributed by atoms with Crippen LogP contribution < -0.4 is 0 Å². The molecule has 0 fully saturated rings. The molecule has 1 aromatic carbocycles. The first-order chi connectivity index (χ1) is 8.66. The van der Waals surface area contributed by atoms with Crippen molar-refractivity contribution in [3.8, 4) is 0 Å². The summed E-state index contributed by atoms with van der Waals surface area (Å²) < 4.78 is 11.7. The van der Waals surface area contributed by atoms with Gasteiger partial charge in [0.25, 0.3) is 0 Å². The molecule has 4 heteroatoms. The van der Waals surface area contributed by atoms with E-state index in [4.69, 9.17) is 8.83 Å². The van der Waals surface area contributed by atoms with Crippen molar-refractivity contribution in [3.63, 3.8) is 0 Å². The maximum atomic E-state index is 10.2. The summed E-state index contributed by atoms with van der Waals surface area (Å²) in [6, 6.07) is 9.48. The summed E-state index contributed by atoms with van der Waals surface area (Å²) in [6.45, 7) is 1.98. The number of aliphatic hydroxyl groups is 1. The van der Waals surface area contributed by atoms with Gasteiger partial charge in [0, 0.05) is 5.39 Å². The molecule has 1 N–H and O–H groups in total. The van der Waals surface area contributed by atoms with E-state index in [1.807, 2.05) is 31.2 Å². The molecule has 0 radical (unpaired) electrons. The molecule has 3 nitrogen and oxygen atoms in total. The minimum Gasteiger partial charge on any atom is -0.465 e. The number of hydrogen-bond donors (Lipinski definition) is 1. The molecule has 0 saturated heterocycles. The van der Waals surface area contributed by atoms with Crippen molar-refractivity contribution >= 4 is 26.9 Å². The number of para-hydroxylation sites is 1. The molecule has 18 heavy (non-hydrogen) atoms. The summed E-state index contributed by atoms with van der Waals surface area (Å²) in [5, 5.41) is 11.2. The van der Waals surface area contributed by atoms with Gasteiger partial charge >= 0.3 is 0 Å². The summed E-state index contributed by atoms with van der Waals surface area (Å²) in [5.74, 6) is 0.932. The van der Waals surface area contributed by atoms with Gasteiger partial charge in [-0.3, -0.25) is 0 Å². The molecule has 3 rings (SSSR count). The Morgan fingerprint density at radius 1 is 1.28 bits per heavy atom. The van der Waals surface area contributed by atoms with Crippen LogP contribution >= 0.6 is 15.9 Å². The minimum absolute atomic E-state index is 0.451. The third kappa shape index (κ3) is 1.78. The first-order valence-corrected chi connectivity index (χ1v) is 6.36. The molecule has 0 saturated carbocycles. The van der Waals surface area contributed by atoms with Crippen molar-refractivity contribution < 1.29 is 13.9 Å². The second-order valence-corrected chi connectivity index (χ2v) is 5.03. The van der Waals surface area contributed by atoms with Crippen molar-refractivity contribution in [2.45, 2.75) is 13.0 Å². The van der Waals surface area contributed by atoms with Crippen LogP contribution in [-0.4, -0.2) is 5.11 Å². The monoisotopic (exact) mass is 306 g/mol. The van der Waals surface area contributed by atoms with E-state index in [0.29, 0.717) is 11.5 Å². The highest BCUT2D eigenvalue weighted by molar-refractivity contribution is 9.10. The van der Waals surface area contributed by atoms with Crippen LogP contribution in [0.2, 0.25) is 0 Å².